The largest absolute Gasteiger partial charge is 0.483 e. The Balaban J connectivity index is 1.83. The number of carbonyl (C=O) groups is 2. The lowest BCUT2D eigenvalue weighted by Gasteiger charge is -2.29. The van der Waals surface area contributed by atoms with E-state index in [1.807, 2.05) is 43.3 Å². The summed E-state index contributed by atoms with van der Waals surface area (Å²) in [5, 5.41) is 5.64. The van der Waals surface area contributed by atoms with Crippen molar-refractivity contribution in [2.24, 2.45) is 0 Å². The third-order valence-electron chi connectivity index (χ3n) is 5.09. The number of halogens is 3. The van der Waals surface area contributed by atoms with Crippen LogP contribution in [0.4, 0.5) is 0 Å². The number of fused-ring (bicyclic) bond motifs is 1. The average Bonchev–Trinajstić information content (AvgIpc) is 2.78. The number of benzene rings is 3. The van der Waals surface area contributed by atoms with E-state index in [-0.39, 0.29) is 25.0 Å². The molecule has 0 aromatic heterocycles. The number of carbonyl (C=O) groups excluding carboxylic acids is 2. The van der Waals surface area contributed by atoms with Crippen LogP contribution in [-0.2, 0) is 16.1 Å². The summed E-state index contributed by atoms with van der Waals surface area (Å²) in [4.78, 5) is 27.1. The van der Waals surface area contributed by atoms with Crippen molar-refractivity contribution in [2.45, 2.75) is 26.4 Å². The van der Waals surface area contributed by atoms with Gasteiger partial charge in [0.25, 0.3) is 5.91 Å². The summed E-state index contributed by atoms with van der Waals surface area (Å²) in [6, 6.07) is 16.0. The second-order valence-corrected chi connectivity index (χ2v) is 8.79. The molecule has 8 heteroatoms. The van der Waals surface area contributed by atoms with E-state index >= 15 is 0 Å². The van der Waals surface area contributed by atoms with E-state index in [0.717, 1.165) is 15.2 Å². The monoisotopic (exact) mass is 536 g/mol. The predicted molar refractivity (Wildman–Crippen MR) is 132 cm³/mol. The summed E-state index contributed by atoms with van der Waals surface area (Å²) >= 11 is 16.2. The van der Waals surface area contributed by atoms with Crippen LogP contribution in [0.1, 0.15) is 19.4 Å². The minimum absolute atomic E-state index is 0.0812. The molecule has 32 heavy (non-hydrogen) atoms. The molecule has 168 valence electrons. The number of ether oxygens (including phenoxy) is 1. The number of nitrogens with one attached hydrogen (secondary N) is 1. The third-order valence-corrected chi connectivity index (χ3v) is 6.61. The first kappa shape index (κ1) is 24.4. The van der Waals surface area contributed by atoms with E-state index in [0.29, 0.717) is 27.9 Å². The van der Waals surface area contributed by atoms with Crippen LogP contribution in [0.5, 0.6) is 5.75 Å². The highest BCUT2D eigenvalue weighted by molar-refractivity contribution is 9.10. The Labute approximate surface area is 205 Å². The van der Waals surface area contributed by atoms with Crippen LogP contribution in [-0.4, -0.2) is 35.9 Å². The Bertz CT molecular complexity index is 1120. The maximum Gasteiger partial charge on any atom is 0.261 e. The van der Waals surface area contributed by atoms with Gasteiger partial charge in [-0.05, 0) is 58.7 Å². The number of likely N-dealkylation sites (N-methyl/N-ethyl adjacent to an activating group) is 1. The zero-order valence-electron chi connectivity index (χ0n) is 17.7. The van der Waals surface area contributed by atoms with Crippen LogP contribution >= 0.6 is 39.1 Å². The van der Waals surface area contributed by atoms with Crippen LogP contribution in [0.15, 0.2) is 59.1 Å². The molecule has 3 aromatic carbocycles. The summed E-state index contributed by atoms with van der Waals surface area (Å²) in [6.45, 7) is 3.78. The van der Waals surface area contributed by atoms with Gasteiger partial charge in [0.15, 0.2) is 6.61 Å². The van der Waals surface area contributed by atoms with E-state index in [9.17, 15) is 9.59 Å². The molecular formula is C24H23BrCl2N2O3. The molecule has 0 bridgehead atoms. The van der Waals surface area contributed by atoms with Crippen LogP contribution in [0.2, 0.25) is 10.0 Å². The molecule has 5 nitrogen and oxygen atoms in total. The molecule has 0 aliphatic carbocycles. The fourth-order valence-corrected chi connectivity index (χ4v) is 4.43. The zero-order chi connectivity index (χ0) is 23.3. The molecule has 0 radical (unpaired) electrons. The minimum Gasteiger partial charge on any atom is -0.483 e. The first-order chi connectivity index (χ1) is 15.3. The number of rotatable bonds is 8. The van der Waals surface area contributed by atoms with Crippen molar-refractivity contribution in [3.8, 4) is 5.75 Å². The summed E-state index contributed by atoms with van der Waals surface area (Å²) in [6.07, 6.45) is 0. The molecule has 3 aromatic rings. The summed E-state index contributed by atoms with van der Waals surface area (Å²) in [5.74, 6) is -0.0888. The van der Waals surface area contributed by atoms with Gasteiger partial charge in [0.05, 0.1) is 4.47 Å². The van der Waals surface area contributed by atoms with Gasteiger partial charge in [-0.15, -0.1) is 0 Å². The third kappa shape index (κ3) is 5.55. The molecule has 0 saturated heterocycles. The fraction of sp³-hybridized carbons (Fsp3) is 0.250. The van der Waals surface area contributed by atoms with Gasteiger partial charge in [-0.25, -0.2) is 0 Å². The van der Waals surface area contributed by atoms with Gasteiger partial charge in [-0.1, -0.05) is 59.6 Å². The number of nitrogens with zero attached hydrogens (tertiary/aromatic N) is 1. The summed E-state index contributed by atoms with van der Waals surface area (Å²) in [7, 11) is 0. The minimum atomic E-state index is -0.738. The van der Waals surface area contributed by atoms with Crippen LogP contribution in [0.25, 0.3) is 10.8 Å². The smallest absolute Gasteiger partial charge is 0.261 e. The second-order valence-electron chi connectivity index (χ2n) is 7.18. The average molecular weight is 538 g/mol. The Morgan fingerprint density at radius 3 is 2.44 bits per heavy atom. The molecule has 0 aliphatic heterocycles. The molecule has 0 spiro atoms. The summed E-state index contributed by atoms with van der Waals surface area (Å²) < 4.78 is 6.60. The topological polar surface area (TPSA) is 58.6 Å². The molecule has 0 fully saturated rings. The number of hydrogen-bond donors (Lipinski definition) is 1. The van der Waals surface area contributed by atoms with Crippen molar-refractivity contribution in [2.75, 3.05) is 13.2 Å². The fourth-order valence-electron chi connectivity index (χ4n) is 3.31. The lowest BCUT2D eigenvalue weighted by Crippen LogP contribution is -2.49. The normalized spacial score (nSPS) is 11.8. The van der Waals surface area contributed by atoms with Gasteiger partial charge in [-0.2, -0.15) is 0 Å². The van der Waals surface area contributed by atoms with Crippen molar-refractivity contribution in [1.29, 1.82) is 0 Å². The lowest BCUT2D eigenvalue weighted by molar-refractivity contribution is -0.142. The van der Waals surface area contributed by atoms with E-state index in [2.05, 4.69) is 21.2 Å². The molecule has 1 N–H and O–H groups in total. The lowest BCUT2D eigenvalue weighted by atomic mass is 10.1. The van der Waals surface area contributed by atoms with Gasteiger partial charge >= 0.3 is 0 Å². The van der Waals surface area contributed by atoms with Crippen LogP contribution in [0, 0.1) is 0 Å². The Morgan fingerprint density at radius 1 is 1.06 bits per heavy atom. The second kappa shape index (κ2) is 11.0. The Kier molecular flexibility index (Phi) is 8.40. The molecular weight excluding hydrogens is 515 g/mol. The predicted octanol–water partition coefficient (Wildman–Crippen LogP) is 5.84. The van der Waals surface area contributed by atoms with E-state index in [1.165, 1.54) is 4.90 Å². The van der Waals surface area contributed by atoms with Gasteiger partial charge in [0.2, 0.25) is 5.91 Å². The highest BCUT2D eigenvalue weighted by Gasteiger charge is 2.27. The standard InChI is InChI=1S/C24H23BrCl2N2O3/c1-3-28-24(31)15(2)29(13-18-19(26)9-6-10-20(18)27)22(30)14-32-21-12-11-16-7-4-5-8-17(16)23(21)25/h4-12,15H,3,13-14H2,1-2H3,(H,28,31)/t15-/m0/s1. The van der Waals surface area contributed by atoms with Gasteiger partial charge < -0.3 is 15.0 Å². The number of amides is 2. The van der Waals surface area contributed by atoms with Crippen molar-refractivity contribution in [3.63, 3.8) is 0 Å². The Hall–Kier alpha value is -2.28. The molecule has 1 atom stereocenters. The first-order valence-electron chi connectivity index (χ1n) is 10.1. The summed E-state index contributed by atoms with van der Waals surface area (Å²) in [5.41, 5.74) is 0.576. The first-order valence-corrected chi connectivity index (χ1v) is 11.7. The SMILES string of the molecule is CCNC(=O)[C@H](C)N(Cc1c(Cl)cccc1Cl)C(=O)COc1ccc2ccccc2c1Br. The van der Waals surface area contributed by atoms with Crippen LogP contribution in [0.3, 0.4) is 0 Å². The van der Waals surface area contributed by atoms with Crippen LogP contribution < -0.4 is 10.1 Å². The quantitative estimate of drug-likeness (QED) is 0.392. The van der Waals surface area contributed by atoms with Crippen molar-refractivity contribution in [3.05, 3.63) is 74.7 Å². The van der Waals surface area contributed by atoms with Crippen molar-refractivity contribution >= 4 is 61.7 Å². The molecule has 0 saturated carbocycles. The highest BCUT2D eigenvalue weighted by Crippen LogP contribution is 2.33. The number of hydrogen-bond acceptors (Lipinski definition) is 3. The van der Waals surface area contributed by atoms with Gasteiger partial charge in [0.1, 0.15) is 11.8 Å². The molecule has 0 aliphatic rings. The maximum atomic E-state index is 13.2. The molecule has 0 unspecified atom stereocenters. The zero-order valence-corrected chi connectivity index (χ0v) is 20.8. The van der Waals surface area contributed by atoms with E-state index in [4.69, 9.17) is 27.9 Å². The molecule has 2 amide bonds. The molecule has 3 rings (SSSR count). The maximum absolute atomic E-state index is 13.2. The van der Waals surface area contributed by atoms with Gasteiger partial charge in [-0.3, -0.25) is 9.59 Å². The highest BCUT2D eigenvalue weighted by atomic mass is 79.9. The van der Waals surface area contributed by atoms with Crippen molar-refractivity contribution < 1.29 is 14.3 Å². The van der Waals surface area contributed by atoms with E-state index in [1.54, 1.807) is 25.1 Å². The van der Waals surface area contributed by atoms with E-state index < -0.39 is 6.04 Å². The van der Waals surface area contributed by atoms with Crippen molar-refractivity contribution in [1.82, 2.24) is 10.2 Å². The Morgan fingerprint density at radius 2 is 1.75 bits per heavy atom. The van der Waals surface area contributed by atoms with Gasteiger partial charge in [0, 0.05) is 28.7 Å². The molecule has 0 heterocycles.